The second-order valence-electron chi connectivity index (χ2n) is 4.11. The summed E-state index contributed by atoms with van der Waals surface area (Å²) in [5, 5.41) is 0. The largest absolute Gasteiger partial charge is 0.384 e. The van der Waals surface area contributed by atoms with E-state index in [0.717, 1.165) is 23.7 Å². The first kappa shape index (κ1) is 12.9. The third kappa shape index (κ3) is 3.23. The number of hydrogen-bond acceptors (Lipinski definition) is 4. The smallest absolute Gasteiger partial charge is 0.141 e. The molecule has 0 bridgehead atoms. The number of hydrogen-bond donors (Lipinski definition) is 1. The highest BCUT2D eigenvalue weighted by molar-refractivity contribution is 7.98. The van der Waals surface area contributed by atoms with Crippen LogP contribution in [-0.4, -0.2) is 9.97 Å². The van der Waals surface area contributed by atoms with Gasteiger partial charge in [0.05, 0.1) is 5.75 Å². The van der Waals surface area contributed by atoms with Crippen molar-refractivity contribution in [3.05, 3.63) is 47.4 Å². The zero-order valence-electron chi connectivity index (χ0n) is 10.7. The van der Waals surface area contributed by atoms with Crippen molar-refractivity contribution in [2.45, 2.75) is 30.9 Å². The van der Waals surface area contributed by atoms with Crippen molar-refractivity contribution in [2.24, 2.45) is 0 Å². The molecular formula is C14H17N3S. The van der Waals surface area contributed by atoms with Crippen LogP contribution in [0.15, 0.2) is 35.2 Å². The topological polar surface area (TPSA) is 51.8 Å². The summed E-state index contributed by atoms with van der Waals surface area (Å²) in [5.41, 5.74) is 8.06. The van der Waals surface area contributed by atoms with E-state index < -0.39 is 0 Å². The number of thioether (sulfide) groups is 1. The molecule has 2 aromatic rings. The van der Waals surface area contributed by atoms with Gasteiger partial charge in [0.25, 0.3) is 0 Å². The van der Waals surface area contributed by atoms with Crippen molar-refractivity contribution in [1.82, 2.24) is 9.97 Å². The van der Waals surface area contributed by atoms with Gasteiger partial charge >= 0.3 is 0 Å². The average Bonchev–Trinajstić information content (AvgIpc) is 2.37. The highest BCUT2D eigenvalue weighted by atomic mass is 32.2. The van der Waals surface area contributed by atoms with Gasteiger partial charge in [-0.3, -0.25) is 0 Å². The third-order valence-electron chi connectivity index (χ3n) is 2.66. The molecule has 4 heteroatoms. The second kappa shape index (κ2) is 5.87. The Morgan fingerprint density at radius 1 is 1.22 bits per heavy atom. The van der Waals surface area contributed by atoms with Gasteiger partial charge in [-0.1, -0.05) is 25.1 Å². The van der Waals surface area contributed by atoms with Gasteiger partial charge in [0.1, 0.15) is 11.6 Å². The Hall–Kier alpha value is -1.55. The van der Waals surface area contributed by atoms with Crippen molar-refractivity contribution in [2.75, 3.05) is 5.73 Å². The Bertz CT molecular complexity index is 540. The molecule has 0 aliphatic carbocycles. The van der Waals surface area contributed by atoms with Crippen LogP contribution < -0.4 is 5.73 Å². The third-order valence-corrected chi connectivity index (χ3v) is 3.83. The van der Waals surface area contributed by atoms with Crippen LogP contribution in [0.1, 0.15) is 24.0 Å². The minimum atomic E-state index is 0.558. The van der Waals surface area contributed by atoms with Gasteiger partial charge in [-0.05, 0) is 25.0 Å². The first-order chi connectivity index (χ1) is 8.69. The molecular weight excluding hydrogens is 242 g/mol. The summed E-state index contributed by atoms with van der Waals surface area (Å²) in [6.07, 6.45) is 0.884. The Labute approximate surface area is 112 Å². The summed E-state index contributed by atoms with van der Waals surface area (Å²) in [4.78, 5) is 10.0. The zero-order chi connectivity index (χ0) is 13.0. The molecule has 0 saturated carbocycles. The quantitative estimate of drug-likeness (QED) is 0.857. The van der Waals surface area contributed by atoms with Crippen LogP contribution in [0.25, 0.3) is 0 Å². The first-order valence-corrected chi connectivity index (χ1v) is 6.98. The fraction of sp³-hybridized carbons (Fsp3) is 0.286. The molecule has 0 aliphatic heterocycles. The van der Waals surface area contributed by atoms with E-state index in [0.29, 0.717) is 5.82 Å². The molecule has 0 radical (unpaired) electrons. The molecule has 0 spiro atoms. The number of aryl methyl sites for hydroxylation is 2. The standard InChI is InChI=1S/C14H17N3S/c1-3-11-8-13(15)17-14(16-11)9-18-12-7-5-4-6-10(12)2/h4-8H,3,9H2,1-2H3,(H2,15,16,17). The van der Waals surface area contributed by atoms with Crippen LogP contribution in [0.3, 0.4) is 0 Å². The second-order valence-corrected chi connectivity index (χ2v) is 5.13. The van der Waals surface area contributed by atoms with E-state index in [1.807, 2.05) is 18.2 Å². The fourth-order valence-electron chi connectivity index (χ4n) is 1.68. The molecule has 0 aliphatic rings. The highest BCUT2D eigenvalue weighted by Gasteiger charge is 2.04. The first-order valence-electron chi connectivity index (χ1n) is 5.99. The predicted octanol–water partition coefficient (Wildman–Crippen LogP) is 3.22. The van der Waals surface area contributed by atoms with Crippen LogP contribution >= 0.6 is 11.8 Å². The maximum Gasteiger partial charge on any atom is 0.141 e. The lowest BCUT2D eigenvalue weighted by Crippen LogP contribution is -2.01. The molecule has 0 atom stereocenters. The molecule has 0 saturated heterocycles. The van der Waals surface area contributed by atoms with Crippen molar-refractivity contribution in [3.8, 4) is 0 Å². The average molecular weight is 259 g/mol. The lowest BCUT2D eigenvalue weighted by Gasteiger charge is -2.06. The molecule has 0 amide bonds. The number of nitrogens with zero attached hydrogens (tertiary/aromatic N) is 2. The minimum Gasteiger partial charge on any atom is -0.384 e. The molecule has 1 aromatic carbocycles. The van der Waals surface area contributed by atoms with E-state index >= 15 is 0 Å². The number of anilines is 1. The summed E-state index contributed by atoms with van der Waals surface area (Å²) >= 11 is 1.75. The molecule has 18 heavy (non-hydrogen) atoms. The summed E-state index contributed by atoms with van der Waals surface area (Å²) < 4.78 is 0. The molecule has 1 aromatic heterocycles. The van der Waals surface area contributed by atoms with E-state index in [2.05, 4.69) is 35.9 Å². The van der Waals surface area contributed by atoms with E-state index in [-0.39, 0.29) is 0 Å². The number of nitrogen functional groups attached to an aromatic ring is 1. The SMILES string of the molecule is CCc1cc(N)nc(CSc2ccccc2C)n1. The van der Waals surface area contributed by atoms with Crippen LogP contribution in [0.2, 0.25) is 0 Å². The van der Waals surface area contributed by atoms with Crippen LogP contribution in [0, 0.1) is 6.92 Å². The van der Waals surface area contributed by atoms with E-state index in [4.69, 9.17) is 5.73 Å². The Kier molecular flexibility index (Phi) is 4.20. The molecule has 2 N–H and O–H groups in total. The molecule has 3 nitrogen and oxygen atoms in total. The number of benzene rings is 1. The summed E-state index contributed by atoms with van der Waals surface area (Å²) in [7, 11) is 0. The molecule has 94 valence electrons. The predicted molar refractivity (Wildman–Crippen MR) is 76.6 cm³/mol. The summed E-state index contributed by atoms with van der Waals surface area (Å²) in [6, 6.07) is 10.2. The van der Waals surface area contributed by atoms with Gasteiger partial charge in [-0.2, -0.15) is 0 Å². The van der Waals surface area contributed by atoms with Crippen molar-refractivity contribution < 1.29 is 0 Å². The van der Waals surface area contributed by atoms with Gasteiger partial charge in [0.2, 0.25) is 0 Å². The van der Waals surface area contributed by atoms with E-state index in [1.165, 1.54) is 10.5 Å². The van der Waals surface area contributed by atoms with Gasteiger partial charge in [-0.15, -0.1) is 11.8 Å². The molecule has 0 fully saturated rings. The minimum absolute atomic E-state index is 0.558. The maximum absolute atomic E-state index is 5.77. The molecule has 2 rings (SSSR count). The van der Waals surface area contributed by atoms with E-state index in [1.54, 1.807) is 11.8 Å². The molecule has 1 heterocycles. The van der Waals surface area contributed by atoms with Crippen LogP contribution in [0.5, 0.6) is 0 Å². The number of nitrogens with two attached hydrogens (primary N) is 1. The number of rotatable bonds is 4. The van der Waals surface area contributed by atoms with Gasteiger partial charge in [-0.25, -0.2) is 9.97 Å². The summed E-state index contributed by atoms with van der Waals surface area (Å²) in [6.45, 7) is 4.18. The Balaban J connectivity index is 2.11. The monoisotopic (exact) mass is 259 g/mol. The normalized spacial score (nSPS) is 10.6. The Morgan fingerprint density at radius 2 is 2.00 bits per heavy atom. The fourth-order valence-corrected chi connectivity index (χ4v) is 2.57. The molecule has 0 unspecified atom stereocenters. The van der Waals surface area contributed by atoms with Gasteiger partial charge < -0.3 is 5.73 Å². The zero-order valence-corrected chi connectivity index (χ0v) is 11.5. The van der Waals surface area contributed by atoms with Gasteiger partial charge in [0, 0.05) is 16.7 Å². The van der Waals surface area contributed by atoms with Crippen molar-refractivity contribution in [1.29, 1.82) is 0 Å². The Morgan fingerprint density at radius 3 is 2.72 bits per heavy atom. The highest BCUT2D eigenvalue weighted by Crippen LogP contribution is 2.24. The van der Waals surface area contributed by atoms with Crippen LogP contribution in [0.4, 0.5) is 5.82 Å². The maximum atomic E-state index is 5.77. The van der Waals surface area contributed by atoms with Crippen LogP contribution in [-0.2, 0) is 12.2 Å². The number of aromatic nitrogens is 2. The van der Waals surface area contributed by atoms with Crippen molar-refractivity contribution in [3.63, 3.8) is 0 Å². The van der Waals surface area contributed by atoms with Crippen molar-refractivity contribution >= 4 is 17.6 Å². The lowest BCUT2D eigenvalue weighted by molar-refractivity contribution is 0.945. The van der Waals surface area contributed by atoms with E-state index in [9.17, 15) is 0 Å². The lowest BCUT2D eigenvalue weighted by atomic mass is 10.2. The summed E-state index contributed by atoms with van der Waals surface area (Å²) in [5.74, 6) is 2.12. The van der Waals surface area contributed by atoms with Gasteiger partial charge in [0.15, 0.2) is 0 Å².